The maximum Gasteiger partial charge on any atom is 0.0457 e. The molecule has 2 N–H and O–H groups in total. The van der Waals surface area contributed by atoms with Crippen LogP contribution in [0.5, 0.6) is 0 Å². The van der Waals surface area contributed by atoms with Gasteiger partial charge in [-0.1, -0.05) is 0 Å². The summed E-state index contributed by atoms with van der Waals surface area (Å²) >= 11 is 0. The second-order valence-corrected chi connectivity index (χ2v) is 2.75. The molecule has 2 heteroatoms. The van der Waals surface area contributed by atoms with Crippen molar-refractivity contribution in [1.29, 1.82) is 0 Å². The molecular weight excluding hydrogens is 124 g/mol. The summed E-state index contributed by atoms with van der Waals surface area (Å²) in [6.07, 6.45) is 3.99. The second-order valence-electron chi connectivity index (χ2n) is 2.75. The van der Waals surface area contributed by atoms with E-state index in [0.717, 1.165) is 0 Å². The van der Waals surface area contributed by atoms with E-state index in [0.29, 0.717) is 6.04 Å². The number of rotatable bonds is 0. The van der Waals surface area contributed by atoms with Crippen molar-refractivity contribution in [3.05, 3.63) is 23.7 Å². The predicted octanol–water partition coefficient (Wildman–Crippen LogP) is 1.33. The Morgan fingerprint density at radius 3 is 2.70 bits per heavy atom. The molecule has 0 spiro atoms. The standard InChI is InChI=1S/C8H14N2/c1-6-4-9-5-7(2)10-8(6)3/h4-5,8-10H,1-3H3/t8-/m1/s1. The molecule has 1 rings (SSSR count). The predicted molar refractivity (Wildman–Crippen MR) is 43.2 cm³/mol. The summed E-state index contributed by atoms with van der Waals surface area (Å²) in [5.41, 5.74) is 2.51. The topological polar surface area (TPSA) is 24.1 Å². The van der Waals surface area contributed by atoms with Gasteiger partial charge in [-0.05, 0) is 26.3 Å². The van der Waals surface area contributed by atoms with Crippen LogP contribution in [0.4, 0.5) is 0 Å². The minimum Gasteiger partial charge on any atom is -0.381 e. The summed E-state index contributed by atoms with van der Waals surface area (Å²) in [7, 11) is 0. The molecule has 0 bridgehead atoms. The van der Waals surface area contributed by atoms with Gasteiger partial charge >= 0.3 is 0 Å². The largest absolute Gasteiger partial charge is 0.381 e. The zero-order valence-electron chi connectivity index (χ0n) is 6.73. The van der Waals surface area contributed by atoms with Crippen molar-refractivity contribution in [3.8, 4) is 0 Å². The molecule has 1 atom stereocenters. The van der Waals surface area contributed by atoms with Gasteiger partial charge in [0.15, 0.2) is 0 Å². The normalized spacial score (nSPS) is 25.3. The van der Waals surface area contributed by atoms with Crippen LogP contribution in [0, 0.1) is 0 Å². The van der Waals surface area contributed by atoms with E-state index in [1.54, 1.807) is 0 Å². The molecule has 0 saturated carbocycles. The maximum absolute atomic E-state index is 3.32. The molecule has 0 unspecified atom stereocenters. The summed E-state index contributed by atoms with van der Waals surface area (Å²) < 4.78 is 0. The van der Waals surface area contributed by atoms with E-state index < -0.39 is 0 Å². The van der Waals surface area contributed by atoms with Crippen LogP contribution in [0.2, 0.25) is 0 Å². The summed E-state index contributed by atoms with van der Waals surface area (Å²) in [6, 6.07) is 0.450. The Balaban J connectivity index is 2.68. The third-order valence-electron chi connectivity index (χ3n) is 1.74. The third-order valence-corrected chi connectivity index (χ3v) is 1.74. The van der Waals surface area contributed by atoms with Gasteiger partial charge in [-0.25, -0.2) is 0 Å². The van der Waals surface area contributed by atoms with Crippen LogP contribution in [0.15, 0.2) is 23.7 Å². The number of nitrogens with one attached hydrogen (secondary N) is 2. The van der Waals surface area contributed by atoms with Gasteiger partial charge in [0.05, 0.1) is 0 Å². The lowest BCUT2D eigenvalue weighted by Crippen LogP contribution is -2.23. The highest BCUT2D eigenvalue weighted by Crippen LogP contribution is 2.03. The van der Waals surface area contributed by atoms with Crippen molar-refractivity contribution >= 4 is 0 Å². The van der Waals surface area contributed by atoms with E-state index in [2.05, 4.69) is 31.4 Å². The van der Waals surface area contributed by atoms with Crippen LogP contribution in [0.3, 0.4) is 0 Å². The van der Waals surface area contributed by atoms with Gasteiger partial charge < -0.3 is 10.6 Å². The number of hydrogen-bond donors (Lipinski definition) is 2. The van der Waals surface area contributed by atoms with Crippen LogP contribution in [0.25, 0.3) is 0 Å². The molecule has 10 heavy (non-hydrogen) atoms. The van der Waals surface area contributed by atoms with Gasteiger partial charge in [-0.3, -0.25) is 0 Å². The van der Waals surface area contributed by atoms with Crippen molar-refractivity contribution in [2.45, 2.75) is 26.8 Å². The molecule has 0 radical (unpaired) electrons. The van der Waals surface area contributed by atoms with E-state index in [4.69, 9.17) is 0 Å². The summed E-state index contributed by atoms with van der Waals surface area (Å²) in [4.78, 5) is 0. The van der Waals surface area contributed by atoms with Crippen molar-refractivity contribution in [2.24, 2.45) is 0 Å². The summed E-state index contributed by atoms with van der Waals surface area (Å²) in [6.45, 7) is 6.31. The van der Waals surface area contributed by atoms with E-state index in [1.165, 1.54) is 11.3 Å². The molecule has 0 aromatic rings. The van der Waals surface area contributed by atoms with Gasteiger partial charge in [0.25, 0.3) is 0 Å². The highest BCUT2D eigenvalue weighted by molar-refractivity contribution is 5.14. The molecule has 0 fully saturated rings. The maximum atomic E-state index is 3.32. The lowest BCUT2D eigenvalue weighted by atomic mass is 10.2. The molecule has 0 aromatic carbocycles. The quantitative estimate of drug-likeness (QED) is 0.527. The molecule has 0 aliphatic carbocycles. The monoisotopic (exact) mass is 138 g/mol. The Labute approximate surface area is 62.0 Å². The Morgan fingerprint density at radius 1 is 1.30 bits per heavy atom. The van der Waals surface area contributed by atoms with Crippen LogP contribution in [-0.4, -0.2) is 6.04 Å². The van der Waals surface area contributed by atoms with Crippen molar-refractivity contribution in [2.75, 3.05) is 0 Å². The SMILES string of the molecule is CC1=CNC=C(C)[C@@H](C)N1. The molecular formula is C8H14N2. The molecule has 0 aromatic heterocycles. The lowest BCUT2D eigenvalue weighted by Gasteiger charge is -2.12. The van der Waals surface area contributed by atoms with Crippen LogP contribution >= 0.6 is 0 Å². The van der Waals surface area contributed by atoms with Gasteiger partial charge in [-0.2, -0.15) is 0 Å². The molecule has 0 saturated heterocycles. The van der Waals surface area contributed by atoms with E-state index in [-0.39, 0.29) is 0 Å². The Morgan fingerprint density at radius 2 is 2.00 bits per heavy atom. The fraction of sp³-hybridized carbons (Fsp3) is 0.500. The minimum absolute atomic E-state index is 0.450. The van der Waals surface area contributed by atoms with Crippen molar-refractivity contribution < 1.29 is 0 Å². The van der Waals surface area contributed by atoms with Crippen LogP contribution in [0.1, 0.15) is 20.8 Å². The first-order valence-corrected chi connectivity index (χ1v) is 3.56. The van der Waals surface area contributed by atoms with E-state index >= 15 is 0 Å². The zero-order chi connectivity index (χ0) is 7.56. The second kappa shape index (κ2) is 2.78. The van der Waals surface area contributed by atoms with Gasteiger partial charge in [0.2, 0.25) is 0 Å². The van der Waals surface area contributed by atoms with Crippen molar-refractivity contribution in [1.82, 2.24) is 10.6 Å². The fourth-order valence-electron chi connectivity index (χ4n) is 0.920. The third kappa shape index (κ3) is 1.53. The molecule has 1 aliphatic heterocycles. The average molecular weight is 138 g/mol. The fourth-order valence-corrected chi connectivity index (χ4v) is 0.920. The Bertz CT molecular complexity index is 180. The summed E-state index contributed by atoms with van der Waals surface area (Å²) in [5.74, 6) is 0. The van der Waals surface area contributed by atoms with E-state index in [1.807, 2.05) is 12.4 Å². The molecule has 56 valence electrons. The van der Waals surface area contributed by atoms with Crippen LogP contribution < -0.4 is 10.6 Å². The van der Waals surface area contributed by atoms with Gasteiger partial charge in [0.1, 0.15) is 0 Å². The molecule has 0 amide bonds. The van der Waals surface area contributed by atoms with Gasteiger partial charge in [-0.15, -0.1) is 0 Å². The first kappa shape index (κ1) is 7.19. The smallest absolute Gasteiger partial charge is 0.0457 e. The number of allylic oxidation sites excluding steroid dienone is 1. The van der Waals surface area contributed by atoms with Gasteiger partial charge in [0, 0.05) is 24.1 Å². The first-order chi connectivity index (χ1) is 4.70. The highest BCUT2D eigenvalue weighted by Gasteiger charge is 2.04. The van der Waals surface area contributed by atoms with Crippen molar-refractivity contribution in [3.63, 3.8) is 0 Å². The number of hydrogen-bond acceptors (Lipinski definition) is 2. The Hall–Kier alpha value is -0.920. The molecule has 2 nitrogen and oxygen atoms in total. The minimum atomic E-state index is 0.450. The zero-order valence-corrected chi connectivity index (χ0v) is 6.73. The van der Waals surface area contributed by atoms with E-state index in [9.17, 15) is 0 Å². The Kier molecular flexibility index (Phi) is 2.00. The van der Waals surface area contributed by atoms with Crippen LogP contribution in [-0.2, 0) is 0 Å². The highest BCUT2D eigenvalue weighted by atomic mass is 15.0. The first-order valence-electron chi connectivity index (χ1n) is 3.56. The lowest BCUT2D eigenvalue weighted by molar-refractivity contribution is 0.697. The summed E-state index contributed by atoms with van der Waals surface area (Å²) in [5, 5.41) is 6.41. The molecule has 1 heterocycles. The molecule has 1 aliphatic rings. The average Bonchev–Trinajstić information content (AvgIpc) is 1.96.